The summed E-state index contributed by atoms with van der Waals surface area (Å²) < 4.78 is 0. The van der Waals surface area contributed by atoms with Gasteiger partial charge in [-0.05, 0) is 48.5 Å². The van der Waals surface area contributed by atoms with Crippen molar-refractivity contribution in [2.75, 3.05) is 22.1 Å². The number of nitrogens with one attached hydrogen (secondary N) is 2. The van der Waals surface area contributed by atoms with Crippen molar-refractivity contribution in [2.45, 2.75) is 0 Å². The van der Waals surface area contributed by atoms with Gasteiger partial charge in [0, 0.05) is 11.4 Å². The van der Waals surface area contributed by atoms with Crippen molar-refractivity contribution < 1.29 is 0 Å². The van der Waals surface area contributed by atoms with Gasteiger partial charge in [-0.15, -0.1) is 0 Å². The largest absolute Gasteiger partial charge is 0.397 e. The number of nitrogens with two attached hydrogens (primary N) is 2. The zero-order valence-electron chi connectivity index (χ0n) is 15.5. The highest BCUT2D eigenvalue weighted by Crippen LogP contribution is 2.22. The molecule has 4 aromatic carbocycles. The predicted octanol–water partition coefficient (Wildman–Crippen LogP) is 6.02. The topological polar surface area (TPSA) is 76.1 Å². The maximum absolute atomic E-state index is 5.81. The van der Waals surface area contributed by atoms with Crippen LogP contribution in [0.1, 0.15) is 0 Å². The summed E-state index contributed by atoms with van der Waals surface area (Å²) in [6.45, 7) is 0. The van der Waals surface area contributed by atoms with E-state index in [0.717, 1.165) is 34.1 Å². The number of nitrogen functional groups attached to an aromatic ring is 2. The van der Waals surface area contributed by atoms with Crippen LogP contribution in [-0.2, 0) is 0 Å². The Morgan fingerprint density at radius 3 is 1.07 bits per heavy atom. The number of rotatable bonds is 4. The first-order valence-electron chi connectivity index (χ1n) is 9.05. The highest BCUT2D eigenvalue weighted by Gasteiger charge is 1.97. The zero-order chi connectivity index (χ0) is 19.6. The van der Waals surface area contributed by atoms with E-state index in [1.165, 1.54) is 0 Å². The molecule has 0 bridgehead atoms. The highest BCUT2D eigenvalue weighted by atomic mass is 14.9. The van der Waals surface area contributed by atoms with Crippen LogP contribution in [0, 0.1) is 0 Å². The van der Waals surface area contributed by atoms with Crippen LogP contribution in [0.4, 0.5) is 34.1 Å². The van der Waals surface area contributed by atoms with Crippen LogP contribution in [0.15, 0.2) is 109 Å². The smallest absolute Gasteiger partial charge is 0.0617 e. The molecule has 0 radical (unpaired) electrons. The van der Waals surface area contributed by atoms with Gasteiger partial charge in [-0.2, -0.15) is 0 Å². The molecule has 0 aromatic heterocycles. The monoisotopic (exact) mass is 368 g/mol. The van der Waals surface area contributed by atoms with Gasteiger partial charge in [0.15, 0.2) is 0 Å². The average Bonchev–Trinajstić information content (AvgIpc) is 2.74. The van der Waals surface area contributed by atoms with Crippen molar-refractivity contribution in [1.29, 1.82) is 0 Å². The van der Waals surface area contributed by atoms with Crippen molar-refractivity contribution in [3.05, 3.63) is 109 Å². The third kappa shape index (κ3) is 5.54. The molecule has 140 valence electrons. The van der Waals surface area contributed by atoms with Gasteiger partial charge in [0.05, 0.1) is 22.7 Å². The lowest BCUT2D eigenvalue weighted by molar-refractivity contribution is 1.55. The maximum atomic E-state index is 5.81. The summed E-state index contributed by atoms with van der Waals surface area (Å²) in [5.41, 5.74) is 17.1. The number of anilines is 6. The fourth-order valence-corrected chi connectivity index (χ4v) is 2.58. The van der Waals surface area contributed by atoms with Crippen LogP contribution in [0.3, 0.4) is 0 Å². The average molecular weight is 368 g/mol. The van der Waals surface area contributed by atoms with E-state index in [9.17, 15) is 0 Å². The fraction of sp³-hybridized carbons (Fsp3) is 0. The van der Waals surface area contributed by atoms with Gasteiger partial charge >= 0.3 is 0 Å². The van der Waals surface area contributed by atoms with E-state index in [-0.39, 0.29) is 0 Å². The fourth-order valence-electron chi connectivity index (χ4n) is 2.58. The summed E-state index contributed by atoms with van der Waals surface area (Å²) in [7, 11) is 0. The van der Waals surface area contributed by atoms with Crippen molar-refractivity contribution in [3.63, 3.8) is 0 Å². The summed E-state index contributed by atoms with van der Waals surface area (Å²) in [6, 6.07) is 35.4. The second-order valence-electron chi connectivity index (χ2n) is 6.16. The van der Waals surface area contributed by atoms with Gasteiger partial charge < -0.3 is 22.1 Å². The number of para-hydroxylation sites is 6. The van der Waals surface area contributed by atoms with Gasteiger partial charge in [-0.3, -0.25) is 0 Å². The van der Waals surface area contributed by atoms with Crippen LogP contribution in [-0.4, -0.2) is 0 Å². The summed E-state index contributed by atoms with van der Waals surface area (Å²) >= 11 is 0. The van der Waals surface area contributed by atoms with Crippen molar-refractivity contribution in [1.82, 2.24) is 0 Å². The Bertz CT molecular complexity index is 902. The van der Waals surface area contributed by atoms with Crippen LogP contribution in [0.25, 0.3) is 0 Å². The van der Waals surface area contributed by atoms with Crippen LogP contribution < -0.4 is 22.1 Å². The molecule has 4 aromatic rings. The molecule has 0 heterocycles. The number of hydrogen-bond acceptors (Lipinski definition) is 4. The van der Waals surface area contributed by atoms with Gasteiger partial charge in [0.25, 0.3) is 0 Å². The minimum atomic E-state index is 0.761. The molecule has 4 rings (SSSR count). The normalized spacial score (nSPS) is 9.71. The van der Waals surface area contributed by atoms with Crippen LogP contribution in [0.5, 0.6) is 0 Å². The van der Waals surface area contributed by atoms with E-state index in [0.29, 0.717) is 0 Å². The number of hydrogen-bond donors (Lipinski definition) is 4. The van der Waals surface area contributed by atoms with Gasteiger partial charge in [0.2, 0.25) is 0 Å². The minimum Gasteiger partial charge on any atom is -0.397 e. The van der Waals surface area contributed by atoms with Crippen molar-refractivity contribution >= 4 is 34.1 Å². The van der Waals surface area contributed by atoms with Gasteiger partial charge in [-0.25, -0.2) is 0 Å². The summed E-state index contributed by atoms with van der Waals surface area (Å²) in [5.74, 6) is 0. The molecule has 0 aliphatic carbocycles. The molecule has 0 saturated heterocycles. The Labute approximate surface area is 165 Å². The molecule has 28 heavy (non-hydrogen) atoms. The first kappa shape index (κ1) is 18.9. The molecular formula is C24H24N4. The summed E-state index contributed by atoms with van der Waals surface area (Å²) in [4.78, 5) is 0. The zero-order valence-corrected chi connectivity index (χ0v) is 15.5. The lowest BCUT2D eigenvalue weighted by Crippen LogP contribution is -1.94. The van der Waals surface area contributed by atoms with E-state index in [1.54, 1.807) is 0 Å². The predicted molar refractivity (Wildman–Crippen MR) is 121 cm³/mol. The second-order valence-corrected chi connectivity index (χ2v) is 6.16. The van der Waals surface area contributed by atoms with E-state index >= 15 is 0 Å². The Morgan fingerprint density at radius 2 is 0.714 bits per heavy atom. The molecule has 0 fully saturated rings. The molecule has 0 aliphatic heterocycles. The third-order valence-corrected chi connectivity index (χ3v) is 4.03. The third-order valence-electron chi connectivity index (χ3n) is 4.03. The van der Waals surface area contributed by atoms with E-state index < -0.39 is 0 Å². The minimum absolute atomic E-state index is 0.761. The molecular weight excluding hydrogens is 344 g/mol. The lowest BCUT2D eigenvalue weighted by Gasteiger charge is -2.08. The molecule has 4 nitrogen and oxygen atoms in total. The molecule has 0 atom stereocenters. The molecule has 4 heteroatoms. The summed E-state index contributed by atoms with van der Waals surface area (Å²) in [6.07, 6.45) is 0. The molecule has 0 amide bonds. The number of benzene rings is 4. The van der Waals surface area contributed by atoms with Crippen molar-refractivity contribution in [3.8, 4) is 0 Å². The second kappa shape index (κ2) is 9.69. The van der Waals surface area contributed by atoms with Crippen molar-refractivity contribution in [2.24, 2.45) is 0 Å². The highest BCUT2D eigenvalue weighted by molar-refractivity contribution is 5.73. The van der Waals surface area contributed by atoms with E-state index in [2.05, 4.69) is 10.6 Å². The van der Waals surface area contributed by atoms with Crippen LogP contribution >= 0.6 is 0 Å². The van der Waals surface area contributed by atoms with E-state index in [1.807, 2.05) is 109 Å². The Morgan fingerprint density at radius 1 is 0.393 bits per heavy atom. The first-order valence-corrected chi connectivity index (χ1v) is 9.05. The standard InChI is InChI=1S/2C12H12N2/c2*13-11-8-4-5-9-12(11)14-10-6-2-1-3-7-10/h2*1-9,14H,13H2. The summed E-state index contributed by atoms with van der Waals surface area (Å²) in [5, 5.41) is 6.49. The molecule has 6 N–H and O–H groups in total. The van der Waals surface area contributed by atoms with Gasteiger partial charge in [-0.1, -0.05) is 60.7 Å². The SMILES string of the molecule is Nc1ccccc1Nc1ccccc1.Nc1ccccc1Nc1ccccc1. The van der Waals surface area contributed by atoms with E-state index in [4.69, 9.17) is 11.5 Å². The first-order chi connectivity index (χ1) is 13.7. The lowest BCUT2D eigenvalue weighted by atomic mass is 10.2. The Kier molecular flexibility index (Phi) is 6.53. The molecule has 0 aliphatic rings. The Balaban J connectivity index is 0.000000161. The van der Waals surface area contributed by atoms with Gasteiger partial charge in [0.1, 0.15) is 0 Å². The quantitative estimate of drug-likeness (QED) is 0.332. The maximum Gasteiger partial charge on any atom is 0.0617 e. The Hall–Kier alpha value is -3.92. The molecule has 0 spiro atoms. The molecule has 0 saturated carbocycles. The molecule has 0 unspecified atom stereocenters. The van der Waals surface area contributed by atoms with Crippen LogP contribution in [0.2, 0.25) is 0 Å².